The summed E-state index contributed by atoms with van der Waals surface area (Å²) in [6.07, 6.45) is 3.90. The van der Waals surface area contributed by atoms with Crippen LogP contribution in [0.2, 0.25) is 0 Å². The highest BCUT2D eigenvalue weighted by Crippen LogP contribution is 2.32. The van der Waals surface area contributed by atoms with Gasteiger partial charge in [-0.15, -0.1) is 0 Å². The molecule has 3 aromatic rings. The Kier molecular flexibility index (Phi) is 5.22. The molecule has 1 aliphatic rings. The molecular weight excluding hydrogens is 372 g/mol. The molecule has 1 unspecified atom stereocenters. The fraction of sp³-hybridized carbons (Fsp3) is 0.190. The van der Waals surface area contributed by atoms with Crippen LogP contribution in [0.4, 0.5) is 5.13 Å². The second kappa shape index (κ2) is 8.11. The van der Waals surface area contributed by atoms with Crippen molar-refractivity contribution in [2.75, 3.05) is 12.0 Å². The zero-order chi connectivity index (χ0) is 19.3. The first-order chi connectivity index (χ1) is 13.8. The SMILES string of the molecule is COc1ccc(COC2=NC=CC(CC#N)N2c2nc3ccccc3s2)cc1. The van der Waals surface area contributed by atoms with Crippen molar-refractivity contribution in [2.45, 2.75) is 19.1 Å². The van der Waals surface area contributed by atoms with Gasteiger partial charge in [-0.3, -0.25) is 4.90 Å². The average molecular weight is 390 g/mol. The standard InChI is InChI=1S/C21H18N4O2S/c1-26-17-8-6-15(7-9-17)14-27-20-23-13-11-16(10-12-22)25(20)21-24-18-4-2-3-5-19(18)28-21/h2-9,11,13,16H,10,14H2,1H3. The molecule has 0 bridgehead atoms. The minimum atomic E-state index is -0.172. The van der Waals surface area contributed by atoms with Crippen LogP contribution in [0, 0.1) is 11.3 Å². The lowest BCUT2D eigenvalue weighted by Crippen LogP contribution is -2.42. The van der Waals surface area contributed by atoms with Crippen LogP contribution in [-0.2, 0) is 11.3 Å². The number of anilines is 1. The Balaban J connectivity index is 1.60. The quantitative estimate of drug-likeness (QED) is 0.642. The fourth-order valence-electron chi connectivity index (χ4n) is 2.91. The summed E-state index contributed by atoms with van der Waals surface area (Å²) >= 11 is 1.56. The zero-order valence-electron chi connectivity index (χ0n) is 15.3. The minimum absolute atomic E-state index is 0.172. The molecule has 0 aliphatic carbocycles. The molecule has 0 saturated carbocycles. The molecule has 1 aromatic heterocycles. The van der Waals surface area contributed by atoms with Crippen molar-refractivity contribution in [1.29, 1.82) is 5.26 Å². The number of aromatic nitrogens is 1. The lowest BCUT2D eigenvalue weighted by molar-refractivity contribution is 0.281. The summed E-state index contributed by atoms with van der Waals surface area (Å²) in [4.78, 5) is 11.0. The number of aliphatic imine (C=N–C) groups is 1. The summed E-state index contributed by atoms with van der Waals surface area (Å²) in [6.45, 7) is 0.358. The highest BCUT2D eigenvalue weighted by atomic mass is 32.1. The van der Waals surface area contributed by atoms with E-state index in [9.17, 15) is 5.26 Å². The van der Waals surface area contributed by atoms with Gasteiger partial charge >= 0.3 is 0 Å². The molecule has 2 heterocycles. The van der Waals surface area contributed by atoms with Crippen LogP contribution in [0.15, 0.2) is 65.8 Å². The van der Waals surface area contributed by atoms with Gasteiger partial charge in [0.05, 0.1) is 35.9 Å². The topological polar surface area (TPSA) is 70.7 Å². The van der Waals surface area contributed by atoms with Crippen molar-refractivity contribution in [3.8, 4) is 11.8 Å². The second-order valence-corrected chi connectivity index (χ2v) is 7.16. The maximum absolute atomic E-state index is 9.25. The van der Waals surface area contributed by atoms with Crippen LogP contribution in [0.5, 0.6) is 5.75 Å². The van der Waals surface area contributed by atoms with Crippen LogP contribution in [0.3, 0.4) is 0 Å². The van der Waals surface area contributed by atoms with E-state index < -0.39 is 0 Å². The van der Waals surface area contributed by atoms with Crippen molar-refractivity contribution in [3.63, 3.8) is 0 Å². The van der Waals surface area contributed by atoms with E-state index >= 15 is 0 Å². The van der Waals surface area contributed by atoms with Gasteiger partial charge < -0.3 is 9.47 Å². The van der Waals surface area contributed by atoms with E-state index in [2.05, 4.69) is 11.1 Å². The summed E-state index contributed by atoms with van der Waals surface area (Å²) in [5.41, 5.74) is 1.92. The van der Waals surface area contributed by atoms with Crippen LogP contribution < -0.4 is 9.64 Å². The number of fused-ring (bicyclic) bond motifs is 1. The first-order valence-corrected chi connectivity index (χ1v) is 9.62. The number of hydrogen-bond acceptors (Lipinski definition) is 7. The number of nitriles is 1. The Morgan fingerprint density at radius 2 is 2.00 bits per heavy atom. The third kappa shape index (κ3) is 3.68. The van der Waals surface area contributed by atoms with E-state index in [1.807, 2.05) is 59.5 Å². The molecule has 140 valence electrons. The lowest BCUT2D eigenvalue weighted by atomic mass is 10.2. The van der Waals surface area contributed by atoms with Crippen molar-refractivity contribution in [2.24, 2.45) is 4.99 Å². The number of nitrogens with zero attached hydrogens (tertiary/aromatic N) is 4. The molecule has 0 amide bonds. The molecular formula is C21H18N4O2S. The average Bonchev–Trinajstić information content (AvgIpc) is 3.16. The lowest BCUT2D eigenvalue weighted by Gasteiger charge is -2.30. The molecule has 1 atom stereocenters. The number of rotatable bonds is 5. The Labute approximate surface area is 167 Å². The molecule has 7 heteroatoms. The van der Waals surface area contributed by atoms with Crippen LogP contribution in [0.25, 0.3) is 10.2 Å². The third-order valence-electron chi connectivity index (χ3n) is 4.35. The smallest absolute Gasteiger partial charge is 0.299 e. The fourth-order valence-corrected chi connectivity index (χ4v) is 3.93. The van der Waals surface area contributed by atoms with E-state index in [1.54, 1.807) is 24.6 Å². The number of methoxy groups -OCH3 is 1. The molecule has 28 heavy (non-hydrogen) atoms. The molecule has 0 N–H and O–H groups in total. The Morgan fingerprint density at radius 3 is 2.75 bits per heavy atom. The summed E-state index contributed by atoms with van der Waals surface area (Å²) in [7, 11) is 1.64. The van der Waals surface area contributed by atoms with E-state index in [-0.39, 0.29) is 6.04 Å². The van der Waals surface area contributed by atoms with Gasteiger partial charge in [0.25, 0.3) is 6.02 Å². The first kappa shape index (κ1) is 18.0. The first-order valence-electron chi connectivity index (χ1n) is 8.80. The van der Waals surface area contributed by atoms with Crippen LogP contribution in [0.1, 0.15) is 12.0 Å². The van der Waals surface area contributed by atoms with Crippen molar-refractivity contribution in [3.05, 3.63) is 66.4 Å². The molecule has 0 radical (unpaired) electrons. The number of ether oxygens (including phenoxy) is 2. The van der Waals surface area contributed by atoms with Gasteiger partial charge in [-0.25, -0.2) is 9.98 Å². The van der Waals surface area contributed by atoms with Crippen molar-refractivity contribution < 1.29 is 9.47 Å². The molecule has 2 aromatic carbocycles. The number of para-hydroxylation sites is 1. The van der Waals surface area contributed by atoms with Crippen LogP contribution in [-0.4, -0.2) is 24.2 Å². The largest absolute Gasteiger partial charge is 0.497 e. The van der Waals surface area contributed by atoms with E-state index in [0.717, 1.165) is 26.7 Å². The van der Waals surface area contributed by atoms with Crippen molar-refractivity contribution in [1.82, 2.24) is 4.98 Å². The molecule has 0 saturated heterocycles. The van der Waals surface area contributed by atoms with Gasteiger partial charge in [-0.05, 0) is 35.9 Å². The minimum Gasteiger partial charge on any atom is -0.497 e. The Morgan fingerprint density at radius 1 is 1.18 bits per heavy atom. The summed E-state index contributed by atoms with van der Waals surface area (Å²) < 4.78 is 12.3. The van der Waals surface area contributed by atoms with Gasteiger partial charge in [0.1, 0.15) is 12.4 Å². The van der Waals surface area contributed by atoms with Crippen LogP contribution >= 0.6 is 11.3 Å². The van der Waals surface area contributed by atoms with Gasteiger partial charge in [0, 0.05) is 6.20 Å². The predicted octanol–water partition coefficient (Wildman–Crippen LogP) is 4.49. The van der Waals surface area contributed by atoms with E-state index in [0.29, 0.717) is 19.0 Å². The number of thiazole rings is 1. The van der Waals surface area contributed by atoms with Gasteiger partial charge in [-0.2, -0.15) is 5.26 Å². The van der Waals surface area contributed by atoms with Crippen molar-refractivity contribution >= 4 is 32.7 Å². The highest BCUT2D eigenvalue weighted by molar-refractivity contribution is 7.22. The van der Waals surface area contributed by atoms with Gasteiger partial charge in [0.2, 0.25) is 0 Å². The Bertz CT molecular complexity index is 1030. The number of amidine groups is 1. The molecule has 1 aliphatic heterocycles. The molecule has 4 rings (SSSR count). The zero-order valence-corrected chi connectivity index (χ0v) is 16.1. The molecule has 0 fully saturated rings. The van der Waals surface area contributed by atoms with Gasteiger partial charge in [0.15, 0.2) is 5.13 Å². The third-order valence-corrected chi connectivity index (χ3v) is 5.38. The van der Waals surface area contributed by atoms with Gasteiger partial charge in [-0.1, -0.05) is 35.6 Å². The number of hydrogen-bond donors (Lipinski definition) is 0. The van der Waals surface area contributed by atoms with E-state index in [1.165, 1.54) is 0 Å². The maximum atomic E-state index is 9.25. The summed E-state index contributed by atoms with van der Waals surface area (Å²) in [5.74, 6) is 0.798. The van der Waals surface area contributed by atoms with E-state index in [4.69, 9.17) is 14.5 Å². The second-order valence-electron chi connectivity index (χ2n) is 6.15. The normalized spacial score (nSPS) is 15.9. The summed E-state index contributed by atoms with van der Waals surface area (Å²) in [5, 5.41) is 10.0. The summed E-state index contributed by atoms with van der Waals surface area (Å²) in [6, 6.07) is 18.2. The Hall–Kier alpha value is -3.37. The molecule has 6 nitrogen and oxygen atoms in total. The maximum Gasteiger partial charge on any atom is 0.299 e. The predicted molar refractivity (Wildman–Crippen MR) is 110 cm³/mol. The molecule has 0 spiro atoms. The number of benzene rings is 2. The highest BCUT2D eigenvalue weighted by Gasteiger charge is 2.28. The monoisotopic (exact) mass is 390 g/mol.